The zero-order valence-corrected chi connectivity index (χ0v) is 15.9. The molecule has 0 radical (unpaired) electrons. The molecule has 4 rings (SSSR count). The van der Waals surface area contributed by atoms with Crippen molar-refractivity contribution in [2.45, 2.75) is 55.9 Å². The molecule has 1 aromatic heterocycles. The Bertz CT molecular complexity index is 840. The first-order valence-electron chi connectivity index (χ1n) is 9.23. The van der Waals surface area contributed by atoms with Gasteiger partial charge in [0, 0.05) is 11.8 Å². The van der Waals surface area contributed by atoms with Crippen LogP contribution in [0.4, 0.5) is 22.0 Å². The molecule has 1 aromatic rings. The minimum absolute atomic E-state index is 0.313. The third kappa shape index (κ3) is 3.15. The lowest BCUT2D eigenvalue weighted by Crippen LogP contribution is -2.45. The fourth-order valence-electron chi connectivity index (χ4n) is 4.71. The number of pyridine rings is 1. The number of thioether (sulfide) groups is 1. The molecule has 0 N–H and O–H groups in total. The lowest BCUT2D eigenvalue weighted by atomic mass is 9.87. The van der Waals surface area contributed by atoms with Crippen molar-refractivity contribution in [2.75, 3.05) is 0 Å². The molecule has 1 aliphatic heterocycles. The topological polar surface area (TPSA) is 42.3 Å². The molecule has 9 heteroatoms. The van der Waals surface area contributed by atoms with Gasteiger partial charge in [-0.2, -0.15) is 22.0 Å². The van der Waals surface area contributed by atoms with Crippen LogP contribution in [0.1, 0.15) is 50.3 Å². The number of hydrogen-bond donors (Lipinski definition) is 0. The first kappa shape index (κ1) is 19.8. The van der Waals surface area contributed by atoms with Gasteiger partial charge < -0.3 is 0 Å². The second-order valence-electron chi connectivity index (χ2n) is 8.09. The van der Waals surface area contributed by atoms with E-state index in [4.69, 9.17) is 0 Å². The van der Waals surface area contributed by atoms with E-state index in [0.717, 1.165) is 32.3 Å². The maximum atomic E-state index is 15.2. The van der Waals surface area contributed by atoms with Gasteiger partial charge in [0.25, 0.3) is 11.8 Å². The van der Waals surface area contributed by atoms with E-state index in [1.807, 2.05) is 0 Å². The van der Waals surface area contributed by atoms with Crippen LogP contribution in [-0.2, 0) is 16.9 Å². The molecule has 0 spiro atoms. The molecule has 28 heavy (non-hydrogen) atoms. The Morgan fingerprint density at radius 3 is 2.57 bits per heavy atom. The summed E-state index contributed by atoms with van der Waals surface area (Å²) in [6.45, 7) is 1.06. The molecule has 1 amide bonds. The van der Waals surface area contributed by atoms with E-state index in [-0.39, 0.29) is 0 Å². The average Bonchev–Trinajstić information content (AvgIpc) is 3.30. The number of aliphatic imine (C=N–C) groups is 1. The van der Waals surface area contributed by atoms with Crippen molar-refractivity contribution < 1.29 is 26.7 Å². The molecular weight excluding hydrogens is 399 g/mol. The summed E-state index contributed by atoms with van der Waals surface area (Å²) in [6, 6.07) is 1.13. The first-order valence-corrected chi connectivity index (χ1v) is 10.0. The molecule has 152 valence electrons. The predicted octanol–water partition coefficient (Wildman–Crippen LogP) is 5.45. The van der Waals surface area contributed by atoms with Crippen molar-refractivity contribution in [3.05, 3.63) is 29.6 Å². The minimum Gasteiger partial charge on any atom is -0.271 e. The molecule has 3 nitrogen and oxygen atoms in total. The standard InChI is InChI=1S/C19H19F5N2OS/c1-17(18(20,21)13-4-5-25-14(9-13)19(22,23)24)16(27)26-15(28-17)8-12-7-10-2-3-11(12)6-10/h4-5,9-12H,2-3,6-8H2,1H3. The molecule has 2 saturated carbocycles. The van der Waals surface area contributed by atoms with Crippen molar-refractivity contribution in [2.24, 2.45) is 22.7 Å². The van der Waals surface area contributed by atoms with Gasteiger partial charge in [0.1, 0.15) is 5.69 Å². The molecule has 2 fully saturated rings. The largest absolute Gasteiger partial charge is 0.433 e. The van der Waals surface area contributed by atoms with Gasteiger partial charge >= 0.3 is 6.18 Å². The zero-order valence-electron chi connectivity index (χ0n) is 15.1. The maximum absolute atomic E-state index is 15.2. The van der Waals surface area contributed by atoms with Gasteiger partial charge in [0.2, 0.25) is 0 Å². The summed E-state index contributed by atoms with van der Waals surface area (Å²) in [5.74, 6) is -3.22. The third-order valence-electron chi connectivity index (χ3n) is 6.29. The molecule has 4 atom stereocenters. The van der Waals surface area contributed by atoms with Crippen molar-refractivity contribution in [3.63, 3.8) is 0 Å². The molecule has 0 aromatic carbocycles. The van der Waals surface area contributed by atoms with Gasteiger partial charge in [-0.15, -0.1) is 0 Å². The number of halogens is 5. The van der Waals surface area contributed by atoms with Crippen molar-refractivity contribution in [1.82, 2.24) is 4.98 Å². The van der Waals surface area contributed by atoms with Crippen LogP contribution in [0.2, 0.25) is 0 Å². The van der Waals surface area contributed by atoms with E-state index >= 15 is 8.78 Å². The number of carbonyl (C=O) groups excluding carboxylic acids is 1. The van der Waals surface area contributed by atoms with Gasteiger partial charge in [-0.3, -0.25) is 9.78 Å². The SMILES string of the molecule is CC1(C(F)(F)c2ccnc(C(F)(F)F)c2)SC(CC2CC3CCC2C3)=NC1=O. The van der Waals surface area contributed by atoms with Crippen molar-refractivity contribution in [3.8, 4) is 0 Å². The number of nitrogens with zero attached hydrogens (tertiary/aromatic N) is 2. The third-order valence-corrected chi connectivity index (χ3v) is 7.62. The summed E-state index contributed by atoms with van der Waals surface area (Å²) in [6.07, 6.45) is 0.865. The summed E-state index contributed by atoms with van der Waals surface area (Å²) >= 11 is 0.699. The Labute approximate surface area is 163 Å². The van der Waals surface area contributed by atoms with E-state index in [1.54, 1.807) is 0 Å². The van der Waals surface area contributed by atoms with Gasteiger partial charge in [0.15, 0.2) is 4.75 Å². The predicted molar refractivity (Wildman–Crippen MR) is 95.1 cm³/mol. The highest BCUT2D eigenvalue weighted by atomic mass is 32.2. The fraction of sp³-hybridized carbons (Fsp3) is 0.632. The van der Waals surface area contributed by atoms with Gasteiger partial charge in [-0.25, -0.2) is 4.99 Å². The van der Waals surface area contributed by atoms with E-state index in [0.29, 0.717) is 53.2 Å². The summed E-state index contributed by atoms with van der Waals surface area (Å²) < 4.78 is 66.7. The van der Waals surface area contributed by atoms with Crippen molar-refractivity contribution >= 4 is 22.7 Å². The van der Waals surface area contributed by atoms with E-state index in [1.165, 1.54) is 6.42 Å². The molecule has 2 bridgehead atoms. The van der Waals surface area contributed by atoms with Crippen LogP contribution in [0.5, 0.6) is 0 Å². The Morgan fingerprint density at radius 1 is 1.21 bits per heavy atom. The fourth-order valence-corrected chi connectivity index (χ4v) is 5.99. The molecular formula is C19H19F5N2OS. The molecule has 3 aliphatic rings. The van der Waals surface area contributed by atoms with Gasteiger partial charge in [-0.05, 0) is 62.5 Å². The highest BCUT2D eigenvalue weighted by Gasteiger charge is 2.61. The van der Waals surface area contributed by atoms with E-state index < -0.39 is 34.0 Å². The number of fused-ring (bicyclic) bond motifs is 2. The van der Waals surface area contributed by atoms with E-state index in [2.05, 4.69) is 9.98 Å². The van der Waals surface area contributed by atoms with Crippen LogP contribution in [0.15, 0.2) is 23.3 Å². The quantitative estimate of drug-likeness (QED) is 0.611. The second kappa shape index (κ2) is 6.50. The second-order valence-corrected chi connectivity index (χ2v) is 9.58. The number of aromatic nitrogens is 1. The number of amides is 1. The molecule has 2 aliphatic carbocycles. The van der Waals surface area contributed by atoms with Gasteiger partial charge in [-0.1, -0.05) is 18.2 Å². The normalized spacial score (nSPS) is 32.9. The summed E-state index contributed by atoms with van der Waals surface area (Å²) in [5.41, 5.74) is -2.29. The van der Waals surface area contributed by atoms with E-state index in [9.17, 15) is 18.0 Å². The smallest absolute Gasteiger partial charge is 0.271 e. The number of carbonyl (C=O) groups is 1. The highest BCUT2D eigenvalue weighted by Crippen LogP contribution is 2.55. The molecule has 0 saturated heterocycles. The van der Waals surface area contributed by atoms with Crippen LogP contribution in [0.25, 0.3) is 0 Å². The monoisotopic (exact) mass is 418 g/mol. The summed E-state index contributed by atoms with van der Waals surface area (Å²) in [7, 11) is 0. The maximum Gasteiger partial charge on any atom is 0.433 e. The van der Waals surface area contributed by atoms with Crippen molar-refractivity contribution in [1.29, 1.82) is 0 Å². The van der Waals surface area contributed by atoms with Crippen LogP contribution in [0, 0.1) is 17.8 Å². The van der Waals surface area contributed by atoms with Gasteiger partial charge in [0.05, 0.1) is 5.04 Å². The van der Waals surface area contributed by atoms with Crippen LogP contribution >= 0.6 is 11.8 Å². The lowest BCUT2D eigenvalue weighted by Gasteiger charge is -2.31. The molecule has 2 heterocycles. The van der Waals surface area contributed by atoms with Crippen LogP contribution < -0.4 is 0 Å². The minimum atomic E-state index is -4.84. The van der Waals surface area contributed by atoms with Crippen LogP contribution in [-0.4, -0.2) is 20.7 Å². The number of rotatable bonds is 4. The first-order chi connectivity index (χ1) is 13.0. The number of hydrogen-bond acceptors (Lipinski definition) is 3. The van der Waals surface area contributed by atoms with Crippen LogP contribution in [0.3, 0.4) is 0 Å². The highest BCUT2D eigenvalue weighted by molar-refractivity contribution is 8.16. The number of alkyl halides is 5. The molecule has 4 unspecified atom stereocenters. The Morgan fingerprint density at radius 2 is 1.96 bits per heavy atom. The Balaban J connectivity index is 1.55. The summed E-state index contributed by atoms with van der Waals surface area (Å²) in [4.78, 5) is 19.4. The Hall–Kier alpha value is -1.51. The summed E-state index contributed by atoms with van der Waals surface area (Å²) in [5, 5.41) is 0.370. The zero-order chi connectivity index (χ0) is 20.3. The average molecular weight is 418 g/mol. The Kier molecular flexibility index (Phi) is 4.60. The lowest BCUT2D eigenvalue weighted by molar-refractivity contribution is -0.141.